The molecule has 0 amide bonds. The minimum atomic E-state index is 0.418. The number of nitrogens with zero attached hydrogens (tertiary/aromatic N) is 7. The first kappa shape index (κ1) is 29.1. The third-order valence-electron chi connectivity index (χ3n) is 7.61. The fraction of sp³-hybridized carbons (Fsp3) is 0.294. The lowest BCUT2D eigenvalue weighted by Gasteiger charge is -2.26. The molecule has 1 fully saturated rings. The Bertz CT molecular complexity index is 1640. The zero-order chi connectivity index (χ0) is 30.0. The average molecular weight is 588 g/mol. The van der Waals surface area contributed by atoms with Crippen LogP contribution in [-0.4, -0.2) is 61.2 Å². The summed E-state index contributed by atoms with van der Waals surface area (Å²) in [6.45, 7) is 6.44. The molecular weight excluding hydrogens is 550 g/mol. The number of piperidine rings is 1. The van der Waals surface area contributed by atoms with Crippen LogP contribution in [0.2, 0.25) is 0 Å². The van der Waals surface area contributed by atoms with Crippen molar-refractivity contribution in [3.63, 3.8) is 0 Å². The molecule has 1 aromatic carbocycles. The van der Waals surface area contributed by atoms with Gasteiger partial charge in [0.15, 0.2) is 5.82 Å². The molecule has 1 aliphatic rings. The number of ether oxygens (including phenoxy) is 1. The van der Waals surface area contributed by atoms with Gasteiger partial charge in [0, 0.05) is 30.6 Å². The van der Waals surface area contributed by atoms with E-state index < -0.39 is 0 Å². The molecule has 6 rings (SSSR count). The number of aryl methyl sites for hydroxylation is 1. The van der Waals surface area contributed by atoms with Crippen LogP contribution in [0.1, 0.15) is 38.2 Å². The predicted octanol–water partition coefficient (Wildman–Crippen LogP) is 6.78. The van der Waals surface area contributed by atoms with E-state index >= 15 is 0 Å². The Morgan fingerprint density at radius 3 is 2.55 bits per heavy atom. The molecule has 10 heteroatoms. The maximum Gasteiger partial charge on any atom is 0.230 e. The van der Waals surface area contributed by atoms with Crippen molar-refractivity contribution in [1.29, 1.82) is 0 Å². The molecule has 0 unspecified atom stereocenters. The molecule has 0 atom stereocenters. The van der Waals surface area contributed by atoms with Crippen LogP contribution in [0.3, 0.4) is 0 Å². The fourth-order valence-corrected chi connectivity index (χ4v) is 5.25. The maximum atomic E-state index is 6.12. The van der Waals surface area contributed by atoms with E-state index in [1.165, 1.54) is 32.4 Å². The lowest BCUT2D eigenvalue weighted by atomic mass is 10.1. The van der Waals surface area contributed by atoms with E-state index in [1.807, 2.05) is 54.6 Å². The van der Waals surface area contributed by atoms with Crippen LogP contribution in [0.5, 0.6) is 11.8 Å². The highest BCUT2D eigenvalue weighted by Gasteiger charge is 2.14. The topological polar surface area (TPSA) is 114 Å². The van der Waals surface area contributed by atoms with Crippen molar-refractivity contribution in [1.82, 2.24) is 35.0 Å². The van der Waals surface area contributed by atoms with E-state index in [9.17, 15) is 0 Å². The van der Waals surface area contributed by atoms with Gasteiger partial charge >= 0.3 is 0 Å². The minimum Gasteiger partial charge on any atom is -0.420 e. The number of likely N-dealkylation sites (tertiary alicyclic amines) is 1. The Kier molecular flexibility index (Phi) is 9.58. The lowest BCUT2D eigenvalue weighted by Crippen LogP contribution is -2.31. The predicted molar refractivity (Wildman–Crippen MR) is 173 cm³/mol. The van der Waals surface area contributed by atoms with E-state index in [0.717, 1.165) is 59.7 Å². The number of benzene rings is 1. The third kappa shape index (κ3) is 7.51. The van der Waals surface area contributed by atoms with Gasteiger partial charge in [0.05, 0.1) is 28.8 Å². The number of hydrogen-bond acceptors (Lipinski definition) is 10. The van der Waals surface area contributed by atoms with Gasteiger partial charge in [-0.3, -0.25) is 0 Å². The first-order valence-electron chi connectivity index (χ1n) is 15.3. The van der Waals surface area contributed by atoms with Crippen LogP contribution < -0.4 is 15.4 Å². The summed E-state index contributed by atoms with van der Waals surface area (Å²) >= 11 is 0. The largest absolute Gasteiger partial charge is 0.420 e. The summed E-state index contributed by atoms with van der Waals surface area (Å²) < 4.78 is 6.12. The van der Waals surface area contributed by atoms with Crippen molar-refractivity contribution in [3.05, 3.63) is 90.9 Å². The summed E-state index contributed by atoms with van der Waals surface area (Å²) in [5.41, 5.74) is 5.22. The summed E-state index contributed by atoms with van der Waals surface area (Å²) in [7, 11) is 0. The molecule has 0 saturated carbocycles. The number of hydrogen-bond donors (Lipinski definition) is 2. The van der Waals surface area contributed by atoms with Crippen molar-refractivity contribution < 1.29 is 4.74 Å². The molecule has 1 saturated heterocycles. The van der Waals surface area contributed by atoms with E-state index in [-0.39, 0.29) is 0 Å². The van der Waals surface area contributed by atoms with Gasteiger partial charge < -0.3 is 20.3 Å². The Hall–Kier alpha value is -4.96. The molecule has 44 heavy (non-hydrogen) atoms. The van der Waals surface area contributed by atoms with Crippen LogP contribution in [0.15, 0.2) is 85.3 Å². The van der Waals surface area contributed by atoms with Gasteiger partial charge in [-0.1, -0.05) is 43.7 Å². The van der Waals surface area contributed by atoms with Gasteiger partial charge in [0.25, 0.3) is 0 Å². The highest BCUT2D eigenvalue weighted by molar-refractivity contribution is 5.67. The lowest BCUT2D eigenvalue weighted by molar-refractivity contribution is 0.228. The fourth-order valence-electron chi connectivity index (χ4n) is 5.25. The summed E-state index contributed by atoms with van der Waals surface area (Å²) in [4.78, 5) is 20.7. The van der Waals surface area contributed by atoms with E-state index in [2.05, 4.69) is 53.7 Å². The van der Waals surface area contributed by atoms with Gasteiger partial charge in [0.1, 0.15) is 0 Å². The molecule has 1 aliphatic heterocycles. The Balaban J connectivity index is 1.09. The molecule has 0 bridgehead atoms. The van der Waals surface area contributed by atoms with Crippen LogP contribution in [0.25, 0.3) is 22.5 Å². The molecule has 0 radical (unpaired) electrons. The van der Waals surface area contributed by atoms with Gasteiger partial charge in [-0.05, 0) is 81.2 Å². The monoisotopic (exact) mass is 587 g/mol. The van der Waals surface area contributed by atoms with Crippen LogP contribution in [0, 0.1) is 0 Å². The highest BCUT2D eigenvalue weighted by atomic mass is 16.5. The Labute approximate surface area is 258 Å². The Morgan fingerprint density at radius 1 is 0.841 bits per heavy atom. The maximum absolute atomic E-state index is 6.12. The minimum absolute atomic E-state index is 0.418. The quantitative estimate of drug-likeness (QED) is 0.151. The van der Waals surface area contributed by atoms with Gasteiger partial charge in [0.2, 0.25) is 17.7 Å². The van der Waals surface area contributed by atoms with Gasteiger partial charge in [-0.15, -0.1) is 10.2 Å². The second-order valence-corrected chi connectivity index (χ2v) is 10.7. The standard InChI is InChI=1S/C34H37N9O/c1-2-25-23-30(26-11-5-3-6-12-26)41-42-32(25)39-27-14-15-31(38-24-27)44-33-28(13-9-17-35-33)29-16-19-37-34(40-29)36-18-10-22-43-20-7-4-8-21-43/h3,5-6,9,11-17,19,23-24H,2,4,7-8,10,18,20-22H2,1H3,(H,39,42)(H,36,37,40). The Morgan fingerprint density at radius 2 is 1.73 bits per heavy atom. The summed E-state index contributed by atoms with van der Waals surface area (Å²) in [5, 5.41) is 15.6. The van der Waals surface area contributed by atoms with Crippen molar-refractivity contribution in [3.8, 4) is 34.3 Å². The van der Waals surface area contributed by atoms with E-state index in [1.54, 1.807) is 24.7 Å². The van der Waals surface area contributed by atoms with Crippen molar-refractivity contribution in [2.24, 2.45) is 0 Å². The zero-order valence-electron chi connectivity index (χ0n) is 25.0. The number of pyridine rings is 2. The van der Waals surface area contributed by atoms with Crippen LogP contribution in [-0.2, 0) is 6.42 Å². The second kappa shape index (κ2) is 14.5. The molecular formula is C34H37N9O. The van der Waals surface area contributed by atoms with Gasteiger partial charge in [-0.25, -0.2) is 19.9 Å². The number of aromatic nitrogens is 6. The smallest absolute Gasteiger partial charge is 0.230 e. The zero-order valence-corrected chi connectivity index (χ0v) is 25.0. The molecule has 0 aliphatic carbocycles. The molecule has 5 aromatic rings. The molecule has 0 spiro atoms. The van der Waals surface area contributed by atoms with E-state index in [4.69, 9.17) is 9.72 Å². The van der Waals surface area contributed by atoms with Crippen molar-refractivity contribution in [2.45, 2.75) is 39.0 Å². The average Bonchev–Trinajstić information content (AvgIpc) is 3.09. The molecule has 2 N–H and O–H groups in total. The molecule has 5 heterocycles. The van der Waals surface area contributed by atoms with Crippen molar-refractivity contribution >= 4 is 17.5 Å². The van der Waals surface area contributed by atoms with Gasteiger partial charge in [-0.2, -0.15) is 0 Å². The van der Waals surface area contributed by atoms with Crippen LogP contribution in [0.4, 0.5) is 17.5 Å². The number of nitrogens with one attached hydrogen (secondary N) is 2. The molecule has 224 valence electrons. The summed E-state index contributed by atoms with van der Waals surface area (Å²) in [5.74, 6) is 2.14. The first-order valence-corrected chi connectivity index (χ1v) is 15.3. The summed E-state index contributed by atoms with van der Waals surface area (Å²) in [6, 6.07) is 21.5. The summed E-state index contributed by atoms with van der Waals surface area (Å²) in [6.07, 6.45) is 11.0. The third-order valence-corrected chi connectivity index (χ3v) is 7.61. The first-order chi connectivity index (χ1) is 21.7. The normalized spacial score (nSPS) is 13.4. The second-order valence-electron chi connectivity index (χ2n) is 10.7. The number of anilines is 3. The number of rotatable bonds is 12. The molecule has 10 nitrogen and oxygen atoms in total. The van der Waals surface area contributed by atoms with Crippen molar-refractivity contribution in [2.75, 3.05) is 36.8 Å². The molecule has 4 aromatic heterocycles. The highest BCUT2D eigenvalue weighted by Crippen LogP contribution is 2.30. The SMILES string of the molecule is CCc1cc(-c2ccccc2)nnc1Nc1ccc(Oc2ncccc2-c2ccnc(NCCCN3CCCCC3)n2)nc1. The van der Waals surface area contributed by atoms with Crippen LogP contribution >= 0.6 is 0 Å². The van der Waals surface area contributed by atoms with E-state index in [0.29, 0.717) is 23.5 Å².